The maximum Gasteiger partial charge on any atom is 0.254 e. The average molecular weight is 565 g/mol. The molecule has 41 heavy (non-hydrogen) atoms. The molecule has 0 atom stereocenters. The van der Waals surface area contributed by atoms with Crippen LogP contribution in [-0.4, -0.2) is 39.9 Å². The van der Waals surface area contributed by atoms with Crippen molar-refractivity contribution in [2.45, 2.75) is 13.5 Å². The molecule has 0 spiro atoms. The van der Waals surface area contributed by atoms with E-state index in [0.717, 1.165) is 22.4 Å². The van der Waals surface area contributed by atoms with Crippen molar-refractivity contribution in [2.75, 3.05) is 19.0 Å². The second-order valence-electron chi connectivity index (χ2n) is 9.59. The quantitative estimate of drug-likeness (QED) is 0.214. The Morgan fingerprint density at radius 3 is 2.24 bits per heavy atom. The van der Waals surface area contributed by atoms with Crippen molar-refractivity contribution in [1.29, 1.82) is 0 Å². The van der Waals surface area contributed by atoms with Gasteiger partial charge in [0, 0.05) is 34.6 Å². The number of carbonyl (C=O) groups excluding carboxylic acids is 2. The largest absolute Gasteiger partial charge is 0.497 e. The summed E-state index contributed by atoms with van der Waals surface area (Å²) in [6.45, 7) is 2.09. The number of nitrogens with one attached hydrogen (secondary N) is 1. The summed E-state index contributed by atoms with van der Waals surface area (Å²) >= 11 is 6.09. The molecule has 0 aliphatic carbocycles. The molecule has 8 heteroatoms. The number of methoxy groups -OCH3 is 1. The lowest BCUT2D eigenvalue weighted by Crippen LogP contribution is -2.38. The average Bonchev–Trinajstić information content (AvgIpc) is 3.41. The van der Waals surface area contributed by atoms with E-state index < -0.39 is 0 Å². The topological polar surface area (TPSA) is 76.5 Å². The van der Waals surface area contributed by atoms with Crippen LogP contribution in [0.25, 0.3) is 16.9 Å². The van der Waals surface area contributed by atoms with Gasteiger partial charge in [-0.3, -0.25) is 19.5 Å². The molecule has 0 bridgehead atoms. The van der Waals surface area contributed by atoms with Gasteiger partial charge in [-0.2, -0.15) is 0 Å². The zero-order valence-electron chi connectivity index (χ0n) is 22.8. The Morgan fingerprint density at radius 2 is 1.59 bits per heavy atom. The second kappa shape index (κ2) is 12.5. The van der Waals surface area contributed by atoms with Crippen LogP contribution in [0.1, 0.15) is 21.5 Å². The molecule has 5 aromatic rings. The minimum absolute atomic E-state index is 0.159. The molecular weight excluding hydrogens is 536 g/mol. The number of ether oxygens (including phenoxy) is 1. The molecule has 1 N–H and O–H groups in total. The lowest BCUT2D eigenvalue weighted by molar-refractivity contribution is -0.117. The Hall–Kier alpha value is -4.88. The highest BCUT2D eigenvalue weighted by atomic mass is 35.5. The van der Waals surface area contributed by atoms with E-state index in [0.29, 0.717) is 28.0 Å². The summed E-state index contributed by atoms with van der Waals surface area (Å²) in [5, 5.41) is 3.55. The number of benzene rings is 4. The van der Waals surface area contributed by atoms with Gasteiger partial charge in [-0.15, -0.1) is 0 Å². The van der Waals surface area contributed by atoms with Gasteiger partial charge in [0.25, 0.3) is 5.91 Å². The van der Waals surface area contributed by atoms with Gasteiger partial charge >= 0.3 is 0 Å². The van der Waals surface area contributed by atoms with E-state index in [1.54, 1.807) is 35.9 Å². The second-order valence-corrected chi connectivity index (χ2v) is 10.0. The first-order valence-electron chi connectivity index (χ1n) is 13.1. The number of aryl methyl sites for hydroxylation is 1. The van der Waals surface area contributed by atoms with Gasteiger partial charge in [-0.05, 0) is 61.0 Å². The molecular formula is C33H29ClN4O3. The SMILES string of the molecule is COc1ccc(-n2cc(-c3ccc(Cl)cc3)nc2NC(=O)CN(Cc2ccccc2)C(=O)c2ccc(C)cc2)cc1. The summed E-state index contributed by atoms with van der Waals surface area (Å²) in [5.74, 6) is 0.435. The normalized spacial score (nSPS) is 10.7. The minimum atomic E-state index is -0.371. The highest BCUT2D eigenvalue weighted by Crippen LogP contribution is 2.26. The number of amides is 2. The zero-order chi connectivity index (χ0) is 28.8. The van der Waals surface area contributed by atoms with Crippen LogP contribution in [0.4, 0.5) is 5.95 Å². The minimum Gasteiger partial charge on any atom is -0.497 e. The highest BCUT2D eigenvalue weighted by molar-refractivity contribution is 6.30. The fourth-order valence-corrected chi connectivity index (χ4v) is 4.51. The zero-order valence-corrected chi connectivity index (χ0v) is 23.5. The molecule has 0 aliphatic heterocycles. The summed E-state index contributed by atoms with van der Waals surface area (Å²) in [6, 6.07) is 31.7. The van der Waals surface area contributed by atoms with Gasteiger partial charge in [0.1, 0.15) is 12.3 Å². The summed E-state index contributed by atoms with van der Waals surface area (Å²) in [4.78, 5) is 33.3. The fourth-order valence-electron chi connectivity index (χ4n) is 4.39. The van der Waals surface area contributed by atoms with Crippen molar-refractivity contribution in [3.05, 3.63) is 131 Å². The number of hydrogen-bond donors (Lipinski definition) is 1. The van der Waals surface area contributed by atoms with Gasteiger partial charge in [0.2, 0.25) is 11.9 Å². The molecule has 1 heterocycles. The number of halogens is 1. The van der Waals surface area contributed by atoms with Crippen LogP contribution in [-0.2, 0) is 11.3 Å². The smallest absolute Gasteiger partial charge is 0.254 e. The summed E-state index contributed by atoms with van der Waals surface area (Å²) < 4.78 is 7.10. The van der Waals surface area contributed by atoms with Crippen LogP contribution in [0.2, 0.25) is 5.02 Å². The number of hydrogen-bond acceptors (Lipinski definition) is 4. The number of aromatic nitrogens is 2. The van der Waals surface area contributed by atoms with Crippen LogP contribution >= 0.6 is 11.6 Å². The van der Waals surface area contributed by atoms with Crippen LogP contribution in [0.5, 0.6) is 5.75 Å². The number of imidazole rings is 1. The number of rotatable bonds is 9. The maximum atomic E-state index is 13.5. The molecule has 0 saturated heterocycles. The predicted octanol–water partition coefficient (Wildman–Crippen LogP) is 6.79. The number of anilines is 1. The van der Waals surface area contributed by atoms with Gasteiger partial charge in [0.05, 0.1) is 12.8 Å². The Bertz CT molecular complexity index is 1630. The summed E-state index contributed by atoms with van der Waals surface area (Å²) in [7, 11) is 1.61. The van der Waals surface area contributed by atoms with Gasteiger partial charge in [0.15, 0.2) is 0 Å². The van der Waals surface area contributed by atoms with Crippen molar-refractivity contribution in [3.63, 3.8) is 0 Å². The fraction of sp³-hybridized carbons (Fsp3) is 0.121. The molecule has 2 amide bonds. The maximum absolute atomic E-state index is 13.5. The van der Waals surface area contributed by atoms with E-state index in [-0.39, 0.29) is 24.9 Å². The van der Waals surface area contributed by atoms with Gasteiger partial charge < -0.3 is 9.64 Å². The van der Waals surface area contributed by atoms with Crippen LogP contribution in [0, 0.1) is 6.92 Å². The van der Waals surface area contributed by atoms with Crippen molar-refractivity contribution < 1.29 is 14.3 Å². The molecule has 0 aliphatic rings. The van der Waals surface area contributed by atoms with E-state index >= 15 is 0 Å². The van der Waals surface area contributed by atoms with E-state index in [1.807, 2.05) is 92.0 Å². The summed E-state index contributed by atoms with van der Waals surface area (Å²) in [5.41, 5.74) is 4.78. The molecule has 7 nitrogen and oxygen atoms in total. The monoisotopic (exact) mass is 564 g/mol. The Balaban J connectivity index is 1.44. The molecule has 0 fully saturated rings. The third-order valence-corrected chi connectivity index (χ3v) is 6.84. The lowest BCUT2D eigenvalue weighted by Gasteiger charge is -2.22. The molecule has 1 aromatic heterocycles. The number of nitrogens with zero attached hydrogens (tertiary/aromatic N) is 3. The van der Waals surface area contributed by atoms with Crippen LogP contribution in [0.15, 0.2) is 109 Å². The van der Waals surface area contributed by atoms with Crippen LogP contribution < -0.4 is 10.1 Å². The summed E-state index contributed by atoms with van der Waals surface area (Å²) in [6.07, 6.45) is 1.85. The van der Waals surface area contributed by atoms with Gasteiger partial charge in [-0.25, -0.2) is 4.98 Å². The Morgan fingerprint density at radius 1 is 0.902 bits per heavy atom. The standard InChI is InChI=1S/C33H29ClN4O3/c1-23-8-10-26(11-9-23)32(40)37(20-24-6-4-3-5-7-24)22-31(39)36-33-35-30(25-12-14-27(34)15-13-25)21-38(33)28-16-18-29(41-2)19-17-28/h3-19,21H,20,22H2,1-2H3,(H,35,36,39). The van der Waals surface area contributed by atoms with E-state index in [2.05, 4.69) is 5.32 Å². The molecule has 0 saturated carbocycles. The predicted molar refractivity (Wildman–Crippen MR) is 162 cm³/mol. The van der Waals surface area contributed by atoms with E-state index in [9.17, 15) is 9.59 Å². The van der Waals surface area contributed by atoms with Gasteiger partial charge in [-0.1, -0.05) is 71.8 Å². The molecule has 4 aromatic carbocycles. The third-order valence-electron chi connectivity index (χ3n) is 6.58. The van der Waals surface area contributed by atoms with E-state index in [1.165, 1.54) is 4.90 Å². The third kappa shape index (κ3) is 6.83. The first-order valence-corrected chi connectivity index (χ1v) is 13.5. The van der Waals surface area contributed by atoms with Crippen LogP contribution in [0.3, 0.4) is 0 Å². The number of carbonyl (C=O) groups is 2. The highest BCUT2D eigenvalue weighted by Gasteiger charge is 2.21. The molecule has 0 radical (unpaired) electrons. The first-order chi connectivity index (χ1) is 19.9. The van der Waals surface area contributed by atoms with Crippen molar-refractivity contribution in [3.8, 4) is 22.7 Å². The lowest BCUT2D eigenvalue weighted by atomic mass is 10.1. The Labute approximate surface area is 244 Å². The van der Waals surface area contributed by atoms with E-state index in [4.69, 9.17) is 21.3 Å². The molecule has 5 rings (SSSR count). The van der Waals surface area contributed by atoms with Crippen molar-refractivity contribution in [1.82, 2.24) is 14.5 Å². The molecule has 206 valence electrons. The molecule has 0 unspecified atom stereocenters. The van der Waals surface area contributed by atoms with Crippen molar-refractivity contribution >= 4 is 29.4 Å². The Kier molecular flexibility index (Phi) is 8.46. The first kappa shape index (κ1) is 27.7. The van der Waals surface area contributed by atoms with Crippen molar-refractivity contribution in [2.24, 2.45) is 0 Å².